The molecule has 0 aliphatic heterocycles. The van der Waals surface area contributed by atoms with Crippen molar-refractivity contribution in [2.45, 2.75) is 25.3 Å². The quantitative estimate of drug-likeness (QED) is 0.638. The number of benzene rings is 3. The zero-order valence-corrected chi connectivity index (χ0v) is 15.8. The number of carbonyl (C=O) groups is 1. The fraction of sp³-hybridized carbons (Fsp3) is 0.208. The van der Waals surface area contributed by atoms with Gasteiger partial charge in [-0.25, -0.2) is 0 Å². The first kappa shape index (κ1) is 18.7. The normalized spacial score (nSPS) is 11.8. The van der Waals surface area contributed by atoms with Crippen LogP contribution in [0.15, 0.2) is 84.9 Å². The molecule has 1 atom stereocenters. The highest BCUT2D eigenvalue weighted by molar-refractivity contribution is 5.78. The Labute approximate surface area is 161 Å². The molecule has 3 aromatic carbocycles. The smallest absolute Gasteiger partial charge is 0.221 e. The Bertz CT molecular complexity index is 805. The van der Waals surface area contributed by atoms with E-state index in [1.807, 2.05) is 67.6 Å². The standard InChI is InChI=1S/C24H25NO2/c1-18(19-13-15-22(27-2)16-14-19)25-24(26)17-23(20-9-5-3-6-10-20)21-11-7-4-8-12-21/h3-16,18,23H,17H2,1-2H3,(H,25,26)/t18-/m0/s1. The van der Waals surface area contributed by atoms with Gasteiger partial charge in [-0.2, -0.15) is 0 Å². The van der Waals surface area contributed by atoms with E-state index in [2.05, 4.69) is 29.6 Å². The van der Waals surface area contributed by atoms with E-state index in [4.69, 9.17) is 4.74 Å². The van der Waals surface area contributed by atoms with E-state index < -0.39 is 0 Å². The van der Waals surface area contributed by atoms with Crippen LogP contribution in [0.1, 0.15) is 42.0 Å². The molecule has 27 heavy (non-hydrogen) atoms. The number of hydrogen-bond acceptors (Lipinski definition) is 2. The van der Waals surface area contributed by atoms with E-state index in [1.165, 1.54) is 0 Å². The average Bonchev–Trinajstić information content (AvgIpc) is 2.73. The van der Waals surface area contributed by atoms with Gasteiger partial charge in [0, 0.05) is 12.3 Å². The van der Waals surface area contributed by atoms with Gasteiger partial charge in [-0.05, 0) is 35.7 Å². The van der Waals surface area contributed by atoms with Crippen LogP contribution in [0.3, 0.4) is 0 Å². The maximum Gasteiger partial charge on any atom is 0.221 e. The fourth-order valence-corrected chi connectivity index (χ4v) is 3.26. The predicted molar refractivity (Wildman–Crippen MR) is 109 cm³/mol. The minimum atomic E-state index is -0.0596. The predicted octanol–water partition coefficient (Wildman–Crippen LogP) is 5.09. The molecule has 0 aliphatic rings. The molecule has 1 amide bonds. The van der Waals surface area contributed by atoms with Crippen LogP contribution in [0.5, 0.6) is 5.75 Å². The third-order valence-corrected chi connectivity index (χ3v) is 4.79. The minimum Gasteiger partial charge on any atom is -0.497 e. The number of amides is 1. The molecular formula is C24H25NO2. The Morgan fingerprint density at radius 1 is 0.815 bits per heavy atom. The number of methoxy groups -OCH3 is 1. The van der Waals surface area contributed by atoms with E-state index in [1.54, 1.807) is 7.11 Å². The van der Waals surface area contributed by atoms with Crippen LogP contribution in [0.25, 0.3) is 0 Å². The number of hydrogen-bond donors (Lipinski definition) is 1. The molecule has 0 heterocycles. The Morgan fingerprint density at radius 2 is 1.33 bits per heavy atom. The lowest BCUT2D eigenvalue weighted by molar-refractivity contribution is -0.121. The van der Waals surface area contributed by atoms with Crippen molar-refractivity contribution in [1.29, 1.82) is 0 Å². The van der Waals surface area contributed by atoms with Gasteiger partial charge in [0.05, 0.1) is 13.2 Å². The maximum absolute atomic E-state index is 12.8. The lowest BCUT2D eigenvalue weighted by atomic mass is 9.88. The summed E-state index contributed by atoms with van der Waals surface area (Å²) in [7, 11) is 1.65. The highest BCUT2D eigenvalue weighted by Gasteiger charge is 2.19. The topological polar surface area (TPSA) is 38.3 Å². The Kier molecular flexibility index (Phi) is 6.26. The zero-order chi connectivity index (χ0) is 19.1. The van der Waals surface area contributed by atoms with Gasteiger partial charge >= 0.3 is 0 Å². The summed E-state index contributed by atoms with van der Waals surface area (Å²) in [6.45, 7) is 2.00. The summed E-state index contributed by atoms with van der Waals surface area (Å²) in [6, 6.07) is 28.1. The van der Waals surface area contributed by atoms with Gasteiger partial charge in [0.25, 0.3) is 0 Å². The molecule has 0 bridgehead atoms. The first-order chi connectivity index (χ1) is 13.2. The van der Waals surface area contributed by atoms with Crippen LogP contribution in [0, 0.1) is 0 Å². The maximum atomic E-state index is 12.8. The van der Waals surface area contributed by atoms with Gasteiger partial charge in [-0.15, -0.1) is 0 Å². The molecule has 0 saturated heterocycles. The number of carbonyl (C=O) groups excluding carboxylic acids is 1. The second kappa shape index (κ2) is 9.04. The van der Waals surface area contributed by atoms with E-state index in [-0.39, 0.29) is 17.9 Å². The second-order valence-corrected chi connectivity index (χ2v) is 6.64. The van der Waals surface area contributed by atoms with Gasteiger partial charge in [0.2, 0.25) is 5.91 Å². The largest absolute Gasteiger partial charge is 0.497 e. The molecular weight excluding hydrogens is 334 g/mol. The van der Waals surface area contributed by atoms with Crippen LogP contribution in [0.4, 0.5) is 0 Å². The lowest BCUT2D eigenvalue weighted by Gasteiger charge is -2.20. The van der Waals surface area contributed by atoms with Crippen LogP contribution in [0.2, 0.25) is 0 Å². The molecule has 138 valence electrons. The Hall–Kier alpha value is -3.07. The van der Waals surface area contributed by atoms with E-state index >= 15 is 0 Å². The Morgan fingerprint density at radius 3 is 1.81 bits per heavy atom. The molecule has 0 aliphatic carbocycles. The second-order valence-electron chi connectivity index (χ2n) is 6.64. The average molecular weight is 359 g/mol. The van der Waals surface area contributed by atoms with Crippen LogP contribution < -0.4 is 10.1 Å². The molecule has 3 nitrogen and oxygen atoms in total. The minimum absolute atomic E-state index is 0.0375. The highest BCUT2D eigenvalue weighted by atomic mass is 16.5. The first-order valence-corrected chi connectivity index (χ1v) is 9.20. The van der Waals surface area contributed by atoms with E-state index in [0.29, 0.717) is 6.42 Å². The molecule has 0 radical (unpaired) electrons. The van der Waals surface area contributed by atoms with Crippen molar-refractivity contribution in [1.82, 2.24) is 5.32 Å². The summed E-state index contributed by atoms with van der Waals surface area (Å²) in [4.78, 5) is 12.8. The van der Waals surface area contributed by atoms with E-state index in [9.17, 15) is 4.79 Å². The summed E-state index contributed by atoms with van der Waals surface area (Å²) < 4.78 is 5.19. The van der Waals surface area contributed by atoms with Gasteiger partial charge < -0.3 is 10.1 Å². The third-order valence-electron chi connectivity index (χ3n) is 4.79. The fourth-order valence-electron chi connectivity index (χ4n) is 3.26. The molecule has 0 aromatic heterocycles. The van der Waals surface area contributed by atoms with Crippen molar-refractivity contribution in [2.24, 2.45) is 0 Å². The third kappa shape index (κ3) is 4.98. The molecule has 1 N–H and O–H groups in total. The van der Waals surface area contributed by atoms with E-state index in [0.717, 1.165) is 22.4 Å². The van der Waals surface area contributed by atoms with Crippen LogP contribution in [-0.4, -0.2) is 13.0 Å². The summed E-state index contributed by atoms with van der Waals surface area (Å²) in [6.07, 6.45) is 0.411. The molecule has 3 heteroatoms. The summed E-state index contributed by atoms with van der Waals surface area (Å²) >= 11 is 0. The Balaban J connectivity index is 1.72. The first-order valence-electron chi connectivity index (χ1n) is 9.20. The monoisotopic (exact) mass is 359 g/mol. The number of rotatable bonds is 7. The van der Waals surface area contributed by atoms with Gasteiger partial charge in [0.1, 0.15) is 5.75 Å². The van der Waals surface area contributed by atoms with Crippen LogP contribution in [-0.2, 0) is 4.79 Å². The van der Waals surface area contributed by atoms with Gasteiger partial charge in [-0.3, -0.25) is 4.79 Å². The number of ether oxygens (including phenoxy) is 1. The van der Waals surface area contributed by atoms with Crippen molar-refractivity contribution in [2.75, 3.05) is 7.11 Å². The van der Waals surface area contributed by atoms with Crippen molar-refractivity contribution >= 4 is 5.91 Å². The summed E-state index contributed by atoms with van der Waals surface area (Å²) in [5, 5.41) is 3.12. The van der Waals surface area contributed by atoms with Crippen molar-refractivity contribution < 1.29 is 9.53 Å². The van der Waals surface area contributed by atoms with Gasteiger partial charge in [-0.1, -0.05) is 72.8 Å². The molecule has 3 aromatic rings. The highest BCUT2D eigenvalue weighted by Crippen LogP contribution is 2.28. The molecule has 0 saturated carbocycles. The molecule has 0 unspecified atom stereocenters. The molecule has 0 fully saturated rings. The molecule has 3 rings (SSSR count). The summed E-state index contributed by atoms with van der Waals surface area (Å²) in [5.41, 5.74) is 3.35. The van der Waals surface area contributed by atoms with Gasteiger partial charge in [0.15, 0.2) is 0 Å². The summed E-state index contributed by atoms with van der Waals surface area (Å²) in [5.74, 6) is 0.886. The molecule has 0 spiro atoms. The zero-order valence-electron chi connectivity index (χ0n) is 15.8. The number of nitrogens with one attached hydrogen (secondary N) is 1. The van der Waals surface area contributed by atoms with Crippen molar-refractivity contribution in [3.05, 3.63) is 102 Å². The van der Waals surface area contributed by atoms with Crippen LogP contribution >= 0.6 is 0 Å². The van der Waals surface area contributed by atoms with Crippen molar-refractivity contribution in [3.63, 3.8) is 0 Å². The SMILES string of the molecule is COc1ccc([C@H](C)NC(=O)CC(c2ccccc2)c2ccccc2)cc1. The lowest BCUT2D eigenvalue weighted by Crippen LogP contribution is -2.28. The van der Waals surface area contributed by atoms with Crippen molar-refractivity contribution in [3.8, 4) is 5.75 Å².